The van der Waals surface area contributed by atoms with E-state index in [9.17, 15) is 9.59 Å². The number of para-hydroxylation sites is 2. The van der Waals surface area contributed by atoms with Gasteiger partial charge in [-0.25, -0.2) is 5.10 Å². The number of anilines is 1. The fourth-order valence-corrected chi connectivity index (χ4v) is 3.18. The molecule has 2 heterocycles. The van der Waals surface area contributed by atoms with Crippen LogP contribution in [0.4, 0.5) is 5.69 Å². The number of methoxy groups -OCH3 is 1. The van der Waals surface area contributed by atoms with Crippen molar-refractivity contribution in [2.24, 2.45) is 5.92 Å². The molecule has 2 aromatic rings. The molecular weight excluding hydrogens is 348 g/mol. The van der Waals surface area contributed by atoms with Crippen LogP contribution in [0, 0.1) is 5.92 Å². The predicted molar refractivity (Wildman–Crippen MR) is 101 cm³/mol. The summed E-state index contributed by atoms with van der Waals surface area (Å²) in [7, 11) is 1.59. The van der Waals surface area contributed by atoms with Gasteiger partial charge in [-0.2, -0.15) is 5.10 Å². The van der Waals surface area contributed by atoms with Crippen LogP contribution in [0.15, 0.2) is 41.3 Å². The number of amides is 1. The van der Waals surface area contributed by atoms with Gasteiger partial charge in [0.05, 0.1) is 31.5 Å². The number of nitrogens with zero attached hydrogens (tertiary/aromatic N) is 2. The van der Waals surface area contributed by atoms with Crippen LogP contribution < -0.4 is 25.2 Å². The van der Waals surface area contributed by atoms with Gasteiger partial charge in [0.25, 0.3) is 5.56 Å². The van der Waals surface area contributed by atoms with E-state index in [0.29, 0.717) is 31.2 Å². The van der Waals surface area contributed by atoms with E-state index in [1.165, 1.54) is 6.07 Å². The molecule has 1 saturated heterocycles. The Hall–Kier alpha value is -3.03. The van der Waals surface area contributed by atoms with Gasteiger partial charge in [0.15, 0.2) is 11.5 Å². The van der Waals surface area contributed by atoms with Crippen molar-refractivity contribution in [3.05, 3.63) is 46.9 Å². The number of piperidine rings is 1. The Kier molecular flexibility index (Phi) is 6.30. The van der Waals surface area contributed by atoms with Gasteiger partial charge in [0.2, 0.25) is 5.91 Å². The molecule has 8 nitrogen and oxygen atoms in total. The van der Waals surface area contributed by atoms with Gasteiger partial charge in [0.1, 0.15) is 6.61 Å². The predicted octanol–water partition coefficient (Wildman–Crippen LogP) is 1.19. The van der Waals surface area contributed by atoms with Crippen molar-refractivity contribution in [2.45, 2.75) is 12.8 Å². The Morgan fingerprint density at radius 2 is 2.19 bits per heavy atom. The number of benzene rings is 1. The number of aromatic amines is 1. The van der Waals surface area contributed by atoms with Crippen molar-refractivity contribution in [3.8, 4) is 11.5 Å². The molecule has 1 aromatic heterocycles. The van der Waals surface area contributed by atoms with Gasteiger partial charge in [0, 0.05) is 19.2 Å². The lowest BCUT2D eigenvalue weighted by molar-refractivity contribution is -0.125. The summed E-state index contributed by atoms with van der Waals surface area (Å²) in [5.74, 6) is 1.20. The van der Waals surface area contributed by atoms with E-state index in [-0.39, 0.29) is 17.4 Å². The Morgan fingerprint density at radius 3 is 2.96 bits per heavy atom. The molecule has 144 valence electrons. The number of ether oxygens (including phenoxy) is 2. The van der Waals surface area contributed by atoms with Crippen LogP contribution in [-0.4, -0.2) is 49.5 Å². The Balaban J connectivity index is 1.47. The lowest BCUT2D eigenvalue weighted by atomic mass is 9.97. The molecule has 8 heteroatoms. The second kappa shape index (κ2) is 9.07. The minimum Gasteiger partial charge on any atom is -0.493 e. The molecule has 2 N–H and O–H groups in total. The zero-order chi connectivity index (χ0) is 19.1. The second-order valence-corrected chi connectivity index (χ2v) is 6.38. The third-order valence-corrected chi connectivity index (χ3v) is 4.54. The largest absolute Gasteiger partial charge is 0.493 e. The van der Waals surface area contributed by atoms with Crippen LogP contribution in [0.3, 0.4) is 0 Å². The minimum atomic E-state index is -0.243. The standard InChI is InChI=1S/C19H24N4O4/c1-26-16-6-2-3-7-17(16)27-10-8-20-19(25)14-5-4-9-23(13-14)15-11-18(24)22-21-12-15/h2-3,6-7,11-12,14H,4-5,8-10,13H2,1H3,(H,20,25)(H,22,24)/t14-/m0/s1. The summed E-state index contributed by atoms with van der Waals surface area (Å²) in [4.78, 5) is 25.9. The molecule has 0 unspecified atom stereocenters. The summed E-state index contributed by atoms with van der Waals surface area (Å²) in [5, 5.41) is 9.12. The van der Waals surface area contributed by atoms with Crippen molar-refractivity contribution in [2.75, 3.05) is 38.3 Å². The minimum absolute atomic E-state index is 0.00104. The maximum Gasteiger partial charge on any atom is 0.266 e. The quantitative estimate of drug-likeness (QED) is 0.709. The van der Waals surface area contributed by atoms with E-state index in [1.807, 2.05) is 29.2 Å². The number of rotatable bonds is 7. The average molecular weight is 372 g/mol. The number of hydrogen-bond acceptors (Lipinski definition) is 6. The van der Waals surface area contributed by atoms with Gasteiger partial charge in [-0.3, -0.25) is 9.59 Å². The van der Waals surface area contributed by atoms with Crippen molar-refractivity contribution in [1.29, 1.82) is 0 Å². The van der Waals surface area contributed by atoms with Crippen LogP contribution in [0.1, 0.15) is 12.8 Å². The SMILES string of the molecule is COc1ccccc1OCCNC(=O)[C@H]1CCCN(c2cn[nH]c(=O)c2)C1. The second-order valence-electron chi connectivity index (χ2n) is 6.38. The van der Waals surface area contributed by atoms with Gasteiger partial charge in [-0.05, 0) is 25.0 Å². The third-order valence-electron chi connectivity index (χ3n) is 4.54. The number of H-pyrrole nitrogens is 1. The zero-order valence-electron chi connectivity index (χ0n) is 15.3. The first-order valence-corrected chi connectivity index (χ1v) is 9.00. The summed E-state index contributed by atoms with van der Waals surface area (Å²) < 4.78 is 10.9. The molecule has 1 fully saturated rings. The molecule has 0 radical (unpaired) electrons. The molecule has 1 aliphatic heterocycles. The van der Waals surface area contributed by atoms with Crippen LogP contribution in [0.2, 0.25) is 0 Å². The molecule has 0 spiro atoms. The monoisotopic (exact) mass is 372 g/mol. The van der Waals surface area contributed by atoms with Crippen LogP contribution in [0.5, 0.6) is 11.5 Å². The van der Waals surface area contributed by atoms with E-state index >= 15 is 0 Å². The molecule has 27 heavy (non-hydrogen) atoms. The topological polar surface area (TPSA) is 96.6 Å². The van der Waals surface area contributed by atoms with Gasteiger partial charge < -0.3 is 19.7 Å². The Bertz CT molecular complexity index is 823. The van der Waals surface area contributed by atoms with E-state index in [0.717, 1.165) is 25.1 Å². The summed E-state index contributed by atoms with van der Waals surface area (Å²) in [6, 6.07) is 8.91. The highest BCUT2D eigenvalue weighted by Gasteiger charge is 2.26. The maximum absolute atomic E-state index is 12.5. The average Bonchev–Trinajstić information content (AvgIpc) is 2.71. The van der Waals surface area contributed by atoms with Crippen LogP contribution in [-0.2, 0) is 4.79 Å². The normalized spacial score (nSPS) is 16.6. The fourth-order valence-electron chi connectivity index (χ4n) is 3.18. The molecule has 1 amide bonds. The van der Waals surface area contributed by atoms with Crippen molar-refractivity contribution < 1.29 is 14.3 Å². The first-order valence-electron chi connectivity index (χ1n) is 9.00. The summed E-state index contributed by atoms with van der Waals surface area (Å²) in [6.45, 7) is 2.16. The molecular formula is C19H24N4O4. The highest BCUT2D eigenvalue weighted by Crippen LogP contribution is 2.25. The molecule has 1 aliphatic rings. The molecule has 3 rings (SSSR count). The number of carbonyl (C=O) groups is 1. The zero-order valence-corrected chi connectivity index (χ0v) is 15.3. The van der Waals surface area contributed by atoms with Gasteiger partial charge >= 0.3 is 0 Å². The molecule has 0 bridgehead atoms. The number of aromatic nitrogens is 2. The van der Waals surface area contributed by atoms with E-state index < -0.39 is 0 Å². The smallest absolute Gasteiger partial charge is 0.266 e. The van der Waals surface area contributed by atoms with Crippen LogP contribution in [0.25, 0.3) is 0 Å². The van der Waals surface area contributed by atoms with E-state index in [4.69, 9.17) is 9.47 Å². The fraction of sp³-hybridized carbons (Fsp3) is 0.421. The number of hydrogen-bond donors (Lipinski definition) is 2. The van der Waals surface area contributed by atoms with Gasteiger partial charge in [-0.1, -0.05) is 12.1 Å². The molecule has 0 saturated carbocycles. The Morgan fingerprint density at radius 1 is 1.37 bits per heavy atom. The molecule has 1 aromatic carbocycles. The summed E-state index contributed by atoms with van der Waals surface area (Å²) in [6.07, 6.45) is 3.33. The van der Waals surface area contributed by atoms with Crippen molar-refractivity contribution in [1.82, 2.24) is 15.5 Å². The van der Waals surface area contributed by atoms with Gasteiger partial charge in [-0.15, -0.1) is 0 Å². The highest BCUT2D eigenvalue weighted by molar-refractivity contribution is 5.79. The first-order chi connectivity index (χ1) is 13.2. The molecule has 0 aliphatic carbocycles. The Labute approximate surface area is 157 Å². The maximum atomic E-state index is 12.5. The van der Waals surface area contributed by atoms with Crippen molar-refractivity contribution >= 4 is 11.6 Å². The highest BCUT2D eigenvalue weighted by atomic mass is 16.5. The lowest BCUT2D eigenvalue weighted by Gasteiger charge is -2.33. The summed E-state index contributed by atoms with van der Waals surface area (Å²) >= 11 is 0. The van der Waals surface area contributed by atoms with E-state index in [1.54, 1.807) is 13.3 Å². The first kappa shape index (κ1) is 18.8. The number of carbonyl (C=O) groups excluding carboxylic acids is 1. The third kappa shape index (κ3) is 4.99. The number of nitrogens with one attached hydrogen (secondary N) is 2. The molecule has 1 atom stereocenters. The summed E-state index contributed by atoms with van der Waals surface area (Å²) in [5.41, 5.74) is 0.503. The van der Waals surface area contributed by atoms with Crippen molar-refractivity contribution in [3.63, 3.8) is 0 Å². The van der Waals surface area contributed by atoms with E-state index in [2.05, 4.69) is 15.5 Å². The lowest BCUT2D eigenvalue weighted by Crippen LogP contribution is -2.44. The van der Waals surface area contributed by atoms with Crippen LogP contribution >= 0.6 is 0 Å².